The molecule has 23 heteroatoms. The molecule has 0 saturated heterocycles. The van der Waals surface area contributed by atoms with Gasteiger partial charge in [0, 0.05) is 5.69 Å². The van der Waals surface area contributed by atoms with E-state index in [1.54, 1.807) is 12.1 Å². The topological polar surface area (TPSA) is 273 Å². The molecule has 0 aliphatic carbocycles. The summed E-state index contributed by atoms with van der Waals surface area (Å²) in [5, 5.41) is 40.7. The molecular weight excluding hydrogens is 730 g/mol. The number of anilines is 4. The molecule has 0 aliphatic heterocycles. The second-order valence-corrected chi connectivity index (χ2v) is 13.6. The van der Waals surface area contributed by atoms with Gasteiger partial charge >= 0.3 is 0 Å². The molecule has 0 unspecified atom stereocenters. The van der Waals surface area contributed by atoms with Crippen LogP contribution in [0, 0.1) is 13.8 Å². The van der Waals surface area contributed by atoms with Crippen LogP contribution >= 0.6 is 23.6 Å². The third-order valence-electron chi connectivity index (χ3n) is 6.30. The van der Waals surface area contributed by atoms with Crippen molar-refractivity contribution < 1.29 is 45.7 Å². The predicted octanol–water partition coefficient (Wildman–Crippen LogP) is 5.86. The Labute approximate surface area is 286 Å². The first-order valence-corrected chi connectivity index (χ1v) is 17.2. The van der Waals surface area contributed by atoms with Gasteiger partial charge in [-0.05, 0) is 74.0 Å². The highest BCUT2D eigenvalue weighted by Crippen LogP contribution is 2.40. The molecule has 0 fully saturated rings. The van der Waals surface area contributed by atoms with Crippen LogP contribution in [0.25, 0.3) is 5.69 Å². The highest BCUT2D eigenvalue weighted by atomic mass is 35.5. The number of aryl methyl sites for hydroxylation is 2. The van der Waals surface area contributed by atoms with Crippen LogP contribution in [0.1, 0.15) is 11.3 Å². The van der Waals surface area contributed by atoms with E-state index in [2.05, 4.69) is 50.3 Å². The summed E-state index contributed by atoms with van der Waals surface area (Å²) >= 11 is 6.49. The second-order valence-electron chi connectivity index (χ2n) is 9.72. The molecule has 0 radical (unpaired) electrons. The van der Waals surface area contributed by atoms with Crippen LogP contribution in [0.4, 0.5) is 34.6 Å². The summed E-state index contributed by atoms with van der Waals surface area (Å²) in [6.45, 7) is 3.36. The van der Waals surface area contributed by atoms with Crippen molar-refractivity contribution in [2.75, 3.05) is 10.6 Å². The van der Waals surface area contributed by atoms with Crippen LogP contribution in [0.15, 0.2) is 85.6 Å². The molecule has 0 saturated carbocycles. The average Bonchev–Trinajstić information content (AvgIpc) is 3.31. The maximum Gasteiger partial charge on any atom is 0.296 e. The fraction of sp³-hybridized carbons (Fsp3) is 0.0769. The van der Waals surface area contributed by atoms with Gasteiger partial charge in [0.15, 0.2) is 5.69 Å². The van der Waals surface area contributed by atoms with E-state index >= 15 is 0 Å². The van der Waals surface area contributed by atoms with Gasteiger partial charge in [-0.15, -0.1) is 14.6 Å². The number of benzene rings is 3. The normalized spacial score (nSPS) is 12.0. The summed E-state index contributed by atoms with van der Waals surface area (Å²) in [7, 11) is -9.46. The lowest BCUT2D eigenvalue weighted by atomic mass is 10.2. The summed E-state index contributed by atoms with van der Waals surface area (Å²) in [5.74, 6) is -0.712. The Morgan fingerprint density at radius 3 is 2.14 bits per heavy atom. The van der Waals surface area contributed by atoms with Crippen molar-refractivity contribution in [3.63, 3.8) is 0 Å². The number of hydrogen-bond acceptors (Lipinski definition) is 17. The minimum atomic E-state index is -4.99. The van der Waals surface area contributed by atoms with Crippen LogP contribution < -0.4 is 10.6 Å². The molecule has 5 rings (SSSR count). The first kappa shape index (κ1) is 35.5. The highest BCUT2D eigenvalue weighted by molar-refractivity contribution is 7.94. The lowest BCUT2D eigenvalue weighted by Crippen LogP contribution is -2.06. The second kappa shape index (κ2) is 14.4. The highest BCUT2D eigenvalue weighted by Gasteiger charge is 2.23. The van der Waals surface area contributed by atoms with E-state index in [4.69, 9.17) is 16.9 Å². The Morgan fingerprint density at radius 1 is 0.878 bits per heavy atom. The molecule has 2 aromatic heterocycles. The average molecular weight is 752 g/mol. The molecule has 0 amide bonds. The number of rotatable bonds is 12. The van der Waals surface area contributed by atoms with Crippen molar-refractivity contribution in [1.82, 2.24) is 24.7 Å². The summed E-state index contributed by atoms with van der Waals surface area (Å²) in [4.78, 5) is 11.1. The quantitative estimate of drug-likeness (QED) is 0.0286. The van der Waals surface area contributed by atoms with E-state index < -0.39 is 41.6 Å². The molecule has 0 aliphatic rings. The first-order chi connectivity index (χ1) is 23.1. The zero-order valence-electron chi connectivity index (χ0n) is 24.7. The van der Waals surface area contributed by atoms with Crippen LogP contribution in [0.3, 0.4) is 0 Å². The molecule has 3 aromatic carbocycles. The minimum absolute atomic E-state index is 0.00413. The van der Waals surface area contributed by atoms with Crippen LogP contribution in [-0.2, 0) is 29.6 Å². The number of nitrogens with zero attached hydrogens (tertiary/aromatic N) is 7. The lowest BCUT2D eigenvalue weighted by Gasteiger charge is -2.13. The van der Waals surface area contributed by atoms with Gasteiger partial charge in [0.1, 0.15) is 10.6 Å². The number of azo groups is 1. The third-order valence-corrected chi connectivity index (χ3v) is 8.86. The summed E-state index contributed by atoms with van der Waals surface area (Å²) in [6, 6.07) is 14.0. The largest absolute Gasteiger partial charge is 0.492 e. The molecule has 0 bridgehead atoms. The SMILES string of the molecule is Cc1ccc(Nc2nc(Cl)nc(Nc3cc(S(=O)(=O)O)c(N=Nc4c(C)nn(-c5ccc(S(=O)(=O)O)cc5)c4O)cc3SOOO)n2)cc1. The van der Waals surface area contributed by atoms with Crippen LogP contribution in [0.5, 0.6) is 5.88 Å². The van der Waals surface area contributed by atoms with E-state index in [-0.39, 0.29) is 44.8 Å². The smallest absolute Gasteiger partial charge is 0.296 e. The monoisotopic (exact) mass is 751 g/mol. The Bertz CT molecular complexity index is 2270. The first-order valence-electron chi connectivity index (χ1n) is 13.2. The van der Waals surface area contributed by atoms with E-state index in [1.165, 1.54) is 19.1 Å². The molecule has 2 heterocycles. The fourth-order valence-corrected chi connectivity index (χ4v) is 5.80. The van der Waals surface area contributed by atoms with Crippen molar-refractivity contribution in [3.05, 3.63) is 77.2 Å². The molecule has 19 nitrogen and oxygen atoms in total. The van der Waals surface area contributed by atoms with Crippen molar-refractivity contribution in [1.29, 1.82) is 0 Å². The molecule has 5 aromatic rings. The molecule has 0 spiro atoms. The van der Waals surface area contributed by atoms with Crippen LogP contribution in [-0.4, -0.2) is 61.0 Å². The van der Waals surface area contributed by atoms with E-state index in [1.807, 2.05) is 19.1 Å². The zero-order chi connectivity index (χ0) is 35.5. The van der Waals surface area contributed by atoms with Gasteiger partial charge in [-0.1, -0.05) is 22.7 Å². The van der Waals surface area contributed by atoms with Gasteiger partial charge in [0.05, 0.1) is 38.9 Å². The van der Waals surface area contributed by atoms with Gasteiger partial charge in [0.25, 0.3) is 20.2 Å². The summed E-state index contributed by atoms with van der Waals surface area (Å²) < 4.78 is 72.5. The number of nitrogens with one attached hydrogen (secondary N) is 2. The van der Waals surface area contributed by atoms with Crippen molar-refractivity contribution >= 4 is 78.5 Å². The van der Waals surface area contributed by atoms with Gasteiger partial charge in [0.2, 0.25) is 23.1 Å². The maximum atomic E-state index is 12.5. The van der Waals surface area contributed by atoms with E-state index in [0.717, 1.165) is 34.5 Å². The zero-order valence-corrected chi connectivity index (χ0v) is 28.0. The summed E-state index contributed by atoms with van der Waals surface area (Å²) in [6.07, 6.45) is 0. The maximum absolute atomic E-state index is 12.5. The fourth-order valence-electron chi connectivity index (χ4n) is 4.07. The summed E-state index contributed by atoms with van der Waals surface area (Å²) in [5.41, 5.74) is 1.16. The van der Waals surface area contributed by atoms with Crippen molar-refractivity contribution in [2.24, 2.45) is 10.2 Å². The van der Waals surface area contributed by atoms with Crippen LogP contribution in [0.2, 0.25) is 5.28 Å². The minimum Gasteiger partial charge on any atom is -0.492 e. The Morgan fingerprint density at radius 2 is 1.53 bits per heavy atom. The van der Waals surface area contributed by atoms with E-state index in [9.17, 15) is 31.0 Å². The Kier molecular flexibility index (Phi) is 10.4. The lowest BCUT2D eigenvalue weighted by molar-refractivity contribution is -0.432. The number of aromatic nitrogens is 5. The molecule has 256 valence electrons. The molecule has 0 atom stereocenters. The van der Waals surface area contributed by atoms with Gasteiger partial charge in [-0.25, -0.2) is 5.26 Å². The van der Waals surface area contributed by atoms with Crippen molar-refractivity contribution in [3.8, 4) is 11.6 Å². The predicted molar refractivity (Wildman–Crippen MR) is 173 cm³/mol. The number of hydrogen-bond donors (Lipinski definition) is 6. The molecular formula is C26H22ClN9O10S3. The van der Waals surface area contributed by atoms with E-state index in [0.29, 0.717) is 17.7 Å². The van der Waals surface area contributed by atoms with Gasteiger partial charge < -0.3 is 15.7 Å². The van der Waals surface area contributed by atoms with Crippen molar-refractivity contribution in [2.45, 2.75) is 28.5 Å². The molecule has 6 N–H and O–H groups in total. The third kappa shape index (κ3) is 8.63. The molecule has 49 heavy (non-hydrogen) atoms. The van der Waals surface area contributed by atoms with Gasteiger partial charge in [-0.3, -0.25) is 9.11 Å². The number of aromatic hydroxyl groups is 1. The number of halogens is 1. The van der Waals surface area contributed by atoms with Gasteiger partial charge in [-0.2, -0.15) is 41.6 Å². The standard InChI is InChI=1S/C26H22ClN9O10S3/c1-13-3-5-15(6-4-13)28-25-30-24(27)31-26(32-25)29-18-12-21(49(42,43)44)19(11-20(18)47-46-45-38)33-34-22-14(2)35-36(23(22)37)16-7-9-17(10-8-16)48(39,40)41/h3-12,37-38H,1-2H3,(H,39,40,41)(H,42,43,44)(H2,28,29,30,31,32). The Hall–Kier alpha value is -4.78. The Balaban J connectivity index is 1.51.